The van der Waals surface area contributed by atoms with Crippen molar-refractivity contribution in [2.24, 2.45) is 0 Å². The molecule has 3 aromatic carbocycles. The molecule has 2 aromatic heterocycles. The Morgan fingerprint density at radius 3 is 2.49 bits per heavy atom. The van der Waals surface area contributed by atoms with E-state index in [4.69, 9.17) is 4.42 Å². The quantitative estimate of drug-likeness (QED) is 0.284. The smallest absolute Gasteiger partial charge is 0.297 e. The Labute approximate surface area is 235 Å². The normalized spacial score (nSPS) is 17.6. The van der Waals surface area contributed by atoms with Crippen LogP contribution in [0.15, 0.2) is 75.9 Å². The Morgan fingerprint density at radius 1 is 0.951 bits per heavy atom. The molecule has 0 N–H and O–H groups in total. The van der Waals surface area contributed by atoms with Crippen LogP contribution in [0.3, 0.4) is 0 Å². The van der Waals surface area contributed by atoms with Crippen LogP contribution in [0.25, 0.3) is 11.0 Å². The molecule has 2 aliphatic heterocycles. The van der Waals surface area contributed by atoms with Gasteiger partial charge in [0, 0.05) is 12.0 Å². The maximum absolute atomic E-state index is 14.8. The van der Waals surface area contributed by atoms with Crippen LogP contribution >= 0.6 is 11.3 Å². The number of aryl methyl sites for hydroxylation is 1. The Bertz CT molecular complexity index is 1950. The van der Waals surface area contributed by atoms with Gasteiger partial charge in [-0.2, -0.15) is 0 Å². The van der Waals surface area contributed by atoms with E-state index in [-0.39, 0.29) is 34.0 Å². The summed E-state index contributed by atoms with van der Waals surface area (Å²) in [5, 5.41) is 9.19. The van der Waals surface area contributed by atoms with Gasteiger partial charge >= 0.3 is 0 Å². The summed E-state index contributed by atoms with van der Waals surface area (Å²) in [6, 6.07) is 16.0. The van der Waals surface area contributed by atoms with Crippen molar-refractivity contribution in [2.75, 3.05) is 9.80 Å². The van der Waals surface area contributed by atoms with E-state index < -0.39 is 34.4 Å². The minimum Gasteiger partial charge on any atom is -0.450 e. The Hall–Kier alpha value is -4.77. The van der Waals surface area contributed by atoms with Gasteiger partial charge in [-0.25, -0.2) is 8.78 Å². The van der Waals surface area contributed by atoms with Gasteiger partial charge in [0.05, 0.1) is 23.2 Å². The predicted octanol–water partition coefficient (Wildman–Crippen LogP) is 5.33. The molecule has 4 heterocycles. The van der Waals surface area contributed by atoms with Crippen molar-refractivity contribution < 1.29 is 22.8 Å². The number of carbonyl (C=O) groups is 2. The average molecular weight is 571 g/mol. The maximum Gasteiger partial charge on any atom is 0.297 e. The van der Waals surface area contributed by atoms with Crippen molar-refractivity contribution in [3.8, 4) is 0 Å². The maximum atomic E-state index is 14.8. The lowest BCUT2D eigenvalue weighted by atomic mass is 9.84. The van der Waals surface area contributed by atoms with Gasteiger partial charge in [-0.1, -0.05) is 48.6 Å². The first-order valence-corrected chi connectivity index (χ1v) is 13.8. The molecule has 0 radical (unpaired) electrons. The van der Waals surface area contributed by atoms with Crippen molar-refractivity contribution in [2.45, 2.75) is 31.8 Å². The van der Waals surface area contributed by atoms with Crippen LogP contribution in [0, 0.1) is 11.6 Å². The first-order valence-electron chi connectivity index (χ1n) is 12.9. The fourth-order valence-electron chi connectivity index (χ4n) is 5.71. The summed E-state index contributed by atoms with van der Waals surface area (Å²) in [4.78, 5) is 45.8. The van der Waals surface area contributed by atoms with Gasteiger partial charge in [-0.3, -0.25) is 19.3 Å². The fraction of sp³-hybridized carbons (Fsp3) is 0.167. The molecule has 2 aliphatic rings. The molecular formula is C30H20F2N4O4S. The molecule has 7 rings (SSSR count). The molecule has 8 nitrogen and oxygen atoms in total. The van der Waals surface area contributed by atoms with Crippen molar-refractivity contribution in [3.05, 3.63) is 116 Å². The van der Waals surface area contributed by atoms with E-state index in [1.807, 2.05) is 6.92 Å². The van der Waals surface area contributed by atoms with E-state index in [0.717, 1.165) is 29.9 Å². The second kappa shape index (κ2) is 9.13. The molecule has 11 heteroatoms. The number of amides is 2. The Kier molecular flexibility index (Phi) is 5.62. The molecule has 0 saturated heterocycles. The first-order chi connectivity index (χ1) is 19.8. The third-order valence-electron chi connectivity index (χ3n) is 7.45. The number of hydrogen-bond acceptors (Lipinski definition) is 7. The number of aromatic nitrogens is 2. The summed E-state index contributed by atoms with van der Waals surface area (Å²) in [6.45, 7) is 2.02. The monoisotopic (exact) mass is 570 g/mol. The van der Waals surface area contributed by atoms with Crippen molar-refractivity contribution in [3.63, 3.8) is 0 Å². The van der Waals surface area contributed by atoms with E-state index in [1.165, 1.54) is 28.0 Å². The zero-order chi connectivity index (χ0) is 28.5. The number of carbonyl (C=O) groups excluding carboxylic acids is 2. The van der Waals surface area contributed by atoms with Crippen LogP contribution in [0.4, 0.5) is 19.6 Å². The van der Waals surface area contributed by atoms with Crippen molar-refractivity contribution >= 4 is 44.9 Å². The van der Waals surface area contributed by atoms with Crippen molar-refractivity contribution in [1.29, 1.82) is 0 Å². The second-order valence-corrected chi connectivity index (χ2v) is 10.9. The van der Waals surface area contributed by atoms with Gasteiger partial charge in [0.15, 0.2) is 11.0 Å². The minimum absolute atomic E-state index is 0.0198. The Morgan fingerprint density at radius 2 is 1.71 bits per heavy atom. The van der Waals surface area contributed by atoms with Crippen LogP contribution in [-0.4, -0.2) is 22.0 Å². The summed E-state index contributed by atoms with van der Waals surface area (Å²) in [5.74, 6) is -2.71. The molecule has 2 amide bonds. The summed E-state index contributed by atoms with van der Waals surface area (Å²) in [7, 11) is 0. The average Bonchev–Trinajstić information content (AvgIpc) is 3.60. The van der Waals surface area contributed by atoms with Gasteiger partial charge in [0.2, 0.25) is 10.9 Å². The van der Waals surface area contributed by atoms with Gasteiger partial charge in [-0.15, -0.1) is 10.2 Å². The highest BCUT2D eigenvalue weighted by molar-refractivity contribution is 7.15. The number of para-hydroxylation sites is 1. The number of anilines is 2. The largest absolute Gasteiger partial charge is 0.450 e. The third kappa shape index (κ3) is 3.51. The van der Waals surface area contributed by atoms with Crippen molar-refractivity contribution in [1.82, 2.24) is 10.2 Å². The standard InChI is InChI=1S/C30H20F2N4O4S/c1-2-5-23-33-34-29(41-23)36-27(38)26-24(25(37)19-14-18(32)12-13-22(19)40-26)30(36)20-6-3-4-7-21(20)35(28(30)39)15-16-8-10-17(31)11-9-16/h3-4,6-14H,2,5,15H2,1H3. The lowest BCUT2D eigenvalue weighted by molar-refractivity contribution is -0.121. The highest BCUT2D eigenvalue weighted by Gasteiger charge is 2.66. The lowest BCUT2D eigenvalue weighted by Gasteiger charge is -2.32. The van der Waals surface area contributed by atoms with Gasteiger partial charge in [-0.05, 0) is 48.4 Å². The number of rotatable bonds is 5. The highest BCUT2D eigenvalue weighted by Crippen LogP contribution is 2.54. The minimum atomic E-state index is -1.98. The number of benzene rings is 3. The number of hydrogen-bond donors (Lipinski definition) is 0. The molecule has 1 spiro atoms. The van der Waals surface area contributed by atoms with E-state index in [1.54, 1.807) is 36.4 Å². The molecule has 41 heavy (non-hydrogen) atoms. The molecule has 5 aromatic rings. The molecule has 0 aliphatic carbocycles. The molecule has 1 atom stereocenters. The Balaban J connectivity index is 1.53. The van der Waals surface area contributed by atoms with Crippen LogP contribution in [0.1, 0.15) is 45.6 Å². The molecular weight excluding hydrogens is 550 g/mol. The van der Waals surface area contributed by atoms with Crippen LogP contribution in [0.5, 0.6) is 0 Å². The van der Waals surface area contributed by atoms with Crippen LogP contribution < -0.4 is 15.2 Å². The van der Waals surface area contributed by atoms with Gasteiger partial charge < -0.3 is 9.32 Å². The van der Waals surface area contributed by atoms with E-state index >= 15 is 0 Å². The van der Waals surface area contributed by atoms with Gasteiger partial charge in [0.25, 0.3) is 11.8 Å². The van der Waals surface area contributed by atoms with Gasteiger partial charge in [0.1, 0.15) is 22.2 Å². The number of nitrogens with zero attached hydrogens (tertiary/aromatic N) is 4. The first kappa shape index (κ1) is 25.2. The highest BCUT2D eigenvalue weighted by atomic mass is 32.1. The van der Waals surface area contributed by atoms with E-state index in [2.05, 4.69) is 10.2 Å². The summed E-state index contributed by atoms with van der Waals surface area (Å²) in [6.07, 6.45) is 1.40. The van der Waals surface area contributed by atoms with Crippen LogP contribution in [0.2, 0.25) is 0 Å². The second-order valence-electron chi connectivity index (χ2n) is 9.89. The molecule has 204 valence electrons. The third-order valence-corrected chi connectivity index (χ3v) is 8.42. The van der Waals surface area contributed by atoms with Crippen LogP contribution in [-0.2, 0) is 23.3 Å². The zero-order valence-corrected chi connectivity index (χ0v) is 22.4. The topological polar surface area (TPSA) is 96.6 Å². The predicted molar refractivity (Wildman–Crippen MR) is 148 cm³/mol. The molecule has 0 bridgehead atoms. The summed E-state index contributed by atoms with van der Waals surface area (Å²) >= 11 is 1.15. The van der Waals surface area contributed by atoms with E-state index in [9.17, 15) is 23.2 Å². The molecule has 1 unspecified atom stereocenters. The molecule has 0 fully saturated rings. The SMILES string of the molecule is CCCc1nnc(N2C(=O)c3oc4ccc(F)cc4c(=O)c3C23C(=O)N(Cc2ccc(F)cc2)c2ccccc23)s1. The van der Waals surface area contributed by atoms with E-state index in [0.29, 0.717) is 28.2 Å². The summed E-state index contributed by atoms with van der Waals surface area (Å²) < 4.78 is 33.9. The number of fused-ring (bicyclic) bond motifs is 5. The fourth-order valence-corrected chi connectivity index (χ4v) is 6.71. The zero-order valence-electron chi connectivity index (χ0n) is 21.6. The lowest BCUT2D eigenvalue weighted by Crippen LogP contribution is -2.53. The number of halogens is 2. The molecule has 0 saturated carbocycles. The summed E-state index contributed by atoms with van der Waals surface area (Å²) in [5.41, 5.74) is -1.39.